The number of carbonyl (C=O) groups excluding carboxylic acids is 2. The SMILES string of the molecule is Cc1ccc(C=NNC(=O)[C@@H]2CC(=O)N(c3ccc(Cl)cc3)C2)cc1. The zero-order valence-corrected chi connectivity index (χ0v) is 14.5. The van der Waals surface area contributed by atoms with Crippen LogP contribution < -0.4 is 10.3 Å². The van der Waals surface area contributed by atoms with E-state index in [1.54, 1.807) is 35.4 Å². The molecule has 0 radical (unpaired) electrons. The van der Waals surface area contributed by atoms with Gasteiger partial charge in [0.2, 0.25) is 11.8 Å². The molecule has 1 atom stereocenters. The van der Waals surface area contributed by atoms with E-state index in [9.17, 15) is 9.59 Å². The Bertz CT molecular complexity index is 800. The van der Waals surface area contributed by atoms with Crippen LogP contribution in [0.4, 0.5) is 5.69 Å². The highest BCUT2D eigenvalue weighted by Gasteiger charge is 2.35. The number of rotatable bonds is 4. The average molecular weight is 356 g/mol. The van der Waals surface area contributed by atoms with Crippen LogP contribution in [0.25, 0.3) is 0 Å². The van der Waals surface area contributed by atoms with Crippen molar-refractivity contribution in [3.05, 3.63) is 64.7 Å². The highest BCUT2D eigenvalue weighted by molar-refractivity contribution is 6.30. The van der Waals surface area contributed by atoms with Gasteiger partial charge >= 0.3 is 0 Å². The lowest BCUT2D eigenvalue weighted by Gasteiger charge is -2.16. The Balaban J connectivity index is 1.59. The lowest BCUT2D eigenvalue weighted by molar-refractivity contribution is -0.126. The number of halogens is 1. The van der Waals surface area contributed by atoms with Gasteiger partial charge in [0.1, 0.15) is 0 Å². The Kier molecular flexibility index (Phi) is 5.14. The lowest BCUT2D eigenvalue weighted by Crippen LogP contribution is -2.30. The predicted molar refractivity (Wildman–Crippen MR) is 98.8 cm³/mol. The molecule has 1 aliphatic rings. The zero-order valence-electron chi connectivity index (χ0n) is 13.8. The summed E-state index contributed by atoms with van der Waals surface area (Å²) in [5, 5.41) is 4.58. The number of hydrogen-bond acceptors (Lipinski definition) is 3. The number of nitrogens with zero attached hydrogens (tertiary/aromatic N) is 2. The molecule has 2 aromatic rings. The molecule has 2 amide bonds. The molecule has 0 saturated carbocycles. The van der Waals surface area contributed by atoms with Crippen molar-refractivity contribution in [1.82, 2.24) is 5.43 Å². The van der Waals surface area contributed by atoms with Crippen molar-refractivity contribution in [2.24, 2.45) is 11.0 Å². The van der Waals surface area contributed by atoms with Crippen molar-refractivity contribution < 1.29 is 9.59 Å². The maximum absolute atomic E-state index is 12.2. The summed E-state index contributed by atoms with van der Waals surface area (Å²) >= 11 is 5.87. The Morgan fingerprint density at radius 2 is 1.88 bits per heavy atom. The van der Waals surface area contributed by atoms with Crippen LogP contribution in [-0.4, -0.2) is 24.6 Å². The van der Waals surface area contributed by atoms with Crippen LogP contribution >= 0.6 is 11.6 Å². The summed E-state index contributed by atoms with van der Waals surface area (Å²) in [5.74, 6) is -0.753. The highest BCUT2D eigenvalue weighted by atomic mass is 35.5. The molecule has 1 aliphatic heterocycles. The molecule has 0 bridgehead atoms. The van der Waals surface area contributed by atoms with Gasteiger partial charge in [0.15, 0.2) is 0 Å². The predicted octanol–water partition coefficient (Wildman–Crippen LogP) is 3.15. The number of amides is 2. The molecule has 6 heteroatoms. The number of hydrogen-bond donors (Lipinski definition) is 1. The van der Waals surface area contributed by atoms with Crippen LogP contribution in [0.3, 0.4) is 0 Å². The van der Waals surface area contributed by atoms with Crippen LogP contribution in [0.15, 0.2) is 53.6 Å². The molecule has 2 aromatic carbocycles. The maximum atomic E-state index is 12.2. The zero-order chi connectivity index (χ0) is 17.8. The molecule has 128 valence electrons. The van der Waals surface area contributed by atoms with Gasteiger partial charge in [-0.25, -0.2) is 5.43 Å². The number of hydrazone groups is 1. The topological polar surface area (TPSA) is 61.8 Å². The fraction of sp³-hybridized carbons (Fsp3) is 0.211. The van der Waals surface area contributed by atoms with E-state index >= 15 is 0 Å². The maximum Gasteiger partial charge on any atom is 0.245 e. The third kappa shape index (κ3) is 4.25. The van der Waals surface area contributed by atoms with Crippen LogP contribution in [-0.2, 0) is 9.59 Å². The van der Waals surface area contributed by atoms with E-state index in [2.05, 4.69) is 10.5 Å². The molecule has 5 nitrogen and oxygen atoms in total. The monoisotopic (exact) mass is 355 g/mol. The Morgan fingerprint density at radius 1 is 1.20 bits per heavy atom. The van der Waals surface area contributed by atoms with Gasteiger partial charge in [-0.3, -0.25) is 9.59 Å². The summed E-state index contributed by atoms with van der Waals surface area (Å²) in [7, 11) is 0. The molecule has 0 spiro atoms. The van der Waals surface area contributed by atoms with Crippen molar-refractivity contribution in [1.29, 1.82) is 0 Å². The van der Waals surface area contributed by atoms with Crippen LogP contribution in [0.2, 0.25) is 5.02 Å². The molecule has 3 rings (SSSR count). The first-order valence-corrected chi connectivity index (χ1v) is 8.36. The van der Waals surface area contributed by atoms with Crippen molar-refractivity contribution in [2.75, 3.05) is 11.4 Å². The molecular formula is C19H18ClN3O2. The summed E-state index contributed by atoms with van der Waals surface area (Å²) in [5.41, 5.74) is 5.32. The first-order valence-electron chi connectivity index (χ1n) is 7.98. The largest absolute Gasteiger partial charge is 0.312 e. The second-order valence-corrected chi connectivity index (χ2v) is 6.46. The van der Waals surface area contributed by atoms with Gasteiger partial charge in [-0.1, -0.05) is 41.4 Å². The summed E-state index contributed by atoms with van der Waals surface area (Å²) in [6.07, 6.45) is 1.76. The van der Waals surface area contributed by atoms with Crippen molar-refractivity contribution in [3.8, 4) is 0 Å². The van der Waals surface area contributed by atoms with E-state index in [1.165, 1.54) is 0 Å². The van der Waals surface area contributed by atoms with E-state index in [-0.39, 0.29) is 18.2 Å². The quantitative estimate of drug-likeness (QED) is 0.676. The van der Waals surface area contributed by atoms with Gasteiger partial charge in [-0.15, -0.1) is 0 Å². The minimum atomic E-state index is -0.418. The van der Waals surface area contributed by atoms with E-state index in [0.717, 1.165) is 16.8 Å². The third-order valence-corrected chi connectivity index (χ3v) is 4.35. The van der Waals surface area contributed by atoms with Crippen molar-refractivity contribution >= 4 is 35.3 Å². The molecule has 1 N–H and O–H groups in total. The van der Waals surface area contributed by atoms with E-state index in [4.69, 9.17) is 11.6 Å². The molecule has 1 fully saturated rings. The summed E-state index contributed by atoms with van der Waals surface area (Å²) in [6.45, 7) is 2.35. The first kappa shape index (κ1) is 17.2. The van der Waals surface area contributed by atoms with E-state index in [1.807, 2.05) is 31.2 Å². The number of anilines is 1. The van der Waals surface area contributed by atoms with Gasteiger partial charge in [-0.05, 0) is 36.8 Å². The smallest absolute Gasteiger partial charge is 0.245 e. The molecule has 1 heterocycles. The van der Waals surface area contributed by atoms with E-state index in [0.29, 0.717) is 11.6 Å². The minimum Gasteiger partial charge on any atom is -0.312 e. The van der Waals surface area contributed by atoms with Gasteiger partial charge in [0.25, 0.3) is 0 Å². The lowest BCUT2D eigenvalue weighted by atomic mass is 10.1. The van der Waals surface area contributed by atoms with Crippen LogP contribution in [0.5, 0.6) is 0 Å². The second-order valence-electron chi connectivity index (χ2n) is 6.03. The summed E-state index contributed by atoms with van der Waals surface area (Å²) in [4.78, 5) is 26.0. The third-order valence-electron chi connectivity index (χ3n) is 4.10. The highest BCUT2D eigenvalue weighted by Crippen LogP contribution is 2.26. The van der Waals surface area contributed by atoms with Gasteiger partial charge in [-0.2, -0.15) is 5.10 Å². The Labute approximate surface area is 151 Å². The molecule has 0 unspecified atom stereocenters. The Hall–Kier alpha value is -2.66. The van der Waals surface area contributed by atoms with Gasteiger partial charge in [0.05, 0.1) is 12.1 Å². The normalized spacial score (nSPS) is 17.3. The average Bonchev–Trinajstić information content (AvgIpc) is 2.99. The molecule has 0 aliphatic carbocycles. The van der Waals surface area contributed by atoms with Crippen LogP contribution in [0.1, 0.15) is 17.5 Å². The Morgan fingerprint density at radius 3 is 2.56 bits per heavy atom. The number of benzene rings is 2. The molecule has 0 aromatic heterocycles. The minimum absolute atomic E-state index is 0.0787. The second kappa shape index (κ2) is 7.49. The fourth-order valence-electron chi connectivity index (χ4n) is 2.67. The van der Waals surface area contributed by atoms with E-state index < -0.39 is 5.92 Å². The number of nitrogens with one attached hydrogen (secondary N) is 1. The number of carbonyl (C=O) groups is 2. The van der Waals surface area contributed by atoms with Crippen molar-refractivity contribution in [2.45, 2.75) is 13.3 Å². The van der Waals surface area contributed by atoms with Crippen LogP contribution in [0, 0.1) is 12.8 Å². The summed E-state index contributed by atoms with van der Waals surface area (Å²) < 4.78 is 0. The molecule has 25 heavy (non-hydrogen) atoms. The van der Waals surface area contributed by atoms with Gasteiger partial charge in [0, 0.05) is 23.7 Å². The number of aryl methyl sites for hydroxylation is 1. The summed E-state index contributed by atoms with van der Waals surface area (Å²) in [6, 6.07) is 14.8. The van der Waals surface area contributed by atoms with Crippen molar-refractivity contribution in [3.63, 3.8) is 0 Å². The molecule has 1 saturated heterocycles. The van der Waals surface area contributed by atoms with Gasteiger partial charge < -0.3 is 4.90 Å². The standard InChI is InChI=1S/C19H18ClN3O2/c1-13-2-4-14(5-3-13)11-21-22-19(25)15-10-18(24)23(12-15)17-8-6-16(20)7-9-17/h2-9,11,15H,10,12H2,1H3,(H,22,25)/t15-/m1/s1. The first-order chi connectivity index (χ1) is 12.0. The molecular weight excluding hydrogens is 338 g/mol. The fourth-order valence-corrected chi connectivity index (χ4v) is 2.79.